The first-order valence-corrected chi connectivity index (χ1v) is 6.55. The summed E-state index contributed by atoms with van der Waals surface area (Å²) in [4.78, 5) is 11.2. The quantitative estimate of drug-likeness (QED) is 0.882. The van der Waals surface area contributed by atoms with Crippen LogP contribution < -0.4 is 0 Å². The van der Waals surface area contributed by atoms with Gasteiger partial charge in [-0.3, -0.25) is 0 Å². The molecule has 0 radical (unpaired) electrons. The van der Waals surface area contributed by atoms with E-state index in [9.17, 15) is 9.90 Å². The standard InChI is InChI=1S/C17H18O2/c1-3-6-13-7-4-8-14(11-13)15-9-5-10-16(12(15)2)17(18)19/h4-5,7-11H,3,6H2,1-2H3,(H,18,19). The number of aromatic carboxylic acids is 1. The molecule has 0 bridgehead atoms. The van der Waals surface area contributed by atoms with Gasteiger partial charge in [-0.05, 0) is 41.7 Å². The number of benzene rings is 2. The highest BCUT2D eigenvalue weighted by atomic mass is 16.4. The average Bonchev–Trinajstić information content (AvgIpc) is 2.39. The van der Waals surface area contributed by atoms with E-state index in [0.29, 0.717) is 5.56 Å². The number of carboxylic acid groups (broad SMARTS) is 1. The van der Waals surface area contributed by atoms with Crippen molar-refractivity contribution < 1.29 is 9.90 Å². The molecule has 2 aromatic rings. The Hall–Kier alpha value is -2.09. The van der Waals surface area contributed by atoms with Crippen LogP contribution in [0.2, 0.25) is 0 Å². The first-order chi connectivity index (χ1) is 9.13. The van der Waals surface area contributed by atoms with Gasteiger partial charge in [-0.25, -0.2) is 4.79 Å². The Balaban J connectivity index is 2.50. The van der Waals surface area contributed by atoms with E-state index in [0.717, 1.165) is 29.5 Å². The molecule has 98 valence electrons. The molecule has 0 aliphatic carbocycles. The van der Waals surface area contributed by atoms with E-state index in [4.69, 9.17) is 0 Å². The van der Waals surface area contributed by atoms with Gasteiger partial charge in [-0.15, -0.1) is 0 Å². The molecule has 0 amide bonds. The van der Waals surface area contributed by atoms with Gasteiger partial charge >= 0.3 is 5.97 Å². The minimum atomic E-state index is -0.871. The topological polar surface area (TPSA) is 37.3 Å². The Bertz CT molecular complexity index is 600. The van der Waals surface area contributed by atoms with Crippen molar-refractivity contribution in [3.8, 4) is 11.1 Å². The van der Waals surface area contributed by atoms with Crippen LogP contribution in [0.15, 0.2) is 42.5 Å². The van der Waals surface area contributed by atoms with Crippen molar-refractivity contribution in [1.82, 2.24) is 0 Å². The van der Waals surface area contributed by atoms with E-state index in [1.165, 1.54) is 5.56 Å². The van der Waals surface area contributed by atoms with E-state index in [-0.39, 0.29) is 0 Å². The van der Waals surface area contributed by atoms with E-state index in [2.05, 4.69) is 19.1 Å². The Morgan fingerprint density at radius 1 is 1.16 bits per heavy atom. The first kappa shape index (κ1) is 13.3. The number of carbonyl (C=O) groups is 1. The molecule has 0 saturated heterocycles. The number of hydrogen-bond donors (Lipinski definition) is 1. The molecule has 0 aliphatic heterocycles. The lowest BCUT2D eigenvalue weighted by Gasteiger charge is -2.10. The van der Waals surface area contributed by atoms with Crippen molar-refractivity contribution >= 4 is 5.97 Å². The largest absolute Gasteiger partial charge is 0.478 e. The minimum absolute atomic E-state index is 0.374. The Labute approximate surface area is 113 Å². The Morgan fingerprint density at radius 2 is 1.89 bits per heavy atom. The fraction of sp³-hybridized carbons (Fsp3) is 0.235. The zero-order chi connectivity index (χ0) is 13.8. The maximum absolute atomic E-state index is 11.2. The van der Waals surface area contributed by atoms with E-state index in [1.54, 1.807) is 12.1 Å². The summed E-state index contributed by atoms with van der Waals surface area (Å²) in [5.41, 5.74) is 4.58. The summed E-state index contributed by atoms with van der Waals surface area (Å²) < 4.78 is 0. The maximum atomic E-state index is 11.2. The van der Waals surface area contributed by atoms with Crippen molar-refractivity contribution in [3.05, 3.63) is 59.2 Å². The molecule has 1 N–H and O–H groups in total. The van der Waals surface area contributed by atoms with Gasteiger partial charge in [-0.2, -0.15) is 0 Å². The fourth-order valence-corrected chi connectivity index (χ4v) is 2.36. The summed E-state index contributed by atoms with van der Waals surface area (Å²) >= 11 is 0. The number of hydrogen-bond acceptors (Lipinski definition) is 1. The fourth-order valence-electron chi connectivity index (χ4n) is 2.36. The second-order valence-electron chi connectivity index (χ2n) is 4.73. The Kier molecular flexibility index (Phi) is 4.00. The summed E-state index contributed by atoms with van der Waals surface area (Å²) in [6.45, 7) is 4.02. The normalized spacial score (nSPS) is 10.4. The maximum Gasteiger partial charge on any atom is 0.335 e. The van der Waals surface area contributed by atoms with Crippen LogP contribution in [-0.2, 0) is 6.42 Å². The highest BCUT2D eigenvalue weighted by Crippen LogP contribution is 2.26. The zero-order valence-electron chi connectivity index (χ0n) is 11.3. The van der Waals surface area contributed by atoms with Gasteiger partial charge in [0.15, 0.2) is 0 Å². The third kappa shape index (κ3) is 2.84. The van der Waals surface area contributed by atoms with Crippen LogP contribution >= 0.6 is 0 Å². The molecule has 0 atom stereocenters. The van der Waals surface area contributed by atoms with E-state index >= 15 is 0 Å². The minimum Gasteiger partial charge on any atom is -0.478 e. The first-order valence-electron chi connectivity index (χ1n) is 6.55. The molecule has 2 nitrogen and oxygen atoms in total. The van der Waals surface area contributed by atoms with Gasteiger partial charge in [0.25, 0.3) is 0 Å². The smallest absolute Gasteiger partial charge is 0.335 e. The van der Waals surface area contributed by atoms with Crippen molar-refractivity contribution in [2.45, 2.75) is 26.7 Å². The Morgan fingerprint density at radius 3 is 2.58 bits per heavy atom. The zero-order valence-corrected chi connectivity index (χ0v) is 11.3. The van der Waals surface area contributed by atoms with Crippen LogP contribution in [0.1, 0.15) is 34.8 Å². The molecular weight excluding hydrogens is 236 g/mol. The number of carboxylic acids is 1. The SMILES string of the molecule is CCCc1cccc(-c2cccc(C(=O)O)c2C)c1. The lowest BCUT2D eigenvalue weighted by molar-refractivity contribution is 0.0696. The second-order valence-corrected chi connectivity index (χ2v) is 4.73. The molecule has 2 rings (SSSR count). The molecule has 0 heterocycles. The third-order valence-corrected chi connectivity index (χ3v) is 3.34. The van der Waals surface area contributed by atoms with Crippen LogP contribution in [0.25, 0.3) is 11.1 Å². The third-order valence-electron chi connectivity index (χ3n) is 3.34. The van der Waals surface area contributed by atoms with Gasteiger partial charge in [-0.1, -0.05) is 49.7 Å². The number of rotatable bonds is 4. The molecule has 19 heavy (non-hydrogen) atoms. The lowest BCUT2D eigenvalue weighted by atomic mass is 9.95. The molecule has 0 spiro atoms. The summed E-state index contributed by atoms with van der Waals surface area (Å²) in [6, 6.07) is 13.8. The summed E-state index contributed by atoms with van der Waals surface area (Å²) in [6.07, 6.45) is 2.16. The van der Waals surface area contributed by atoms with Gasteiger partial charge in [0.05, 0.1) is 5.56 Å². The number of aryl methyl sites for hydroxylation is 1. The lowest BCUT2D eigenvalue weighted by Crippen LogP contribution is -2.00. The van der Waals surface area contributed by atoms with Gasteiger partial charge < -0.3 is 5.11 Å². The summed E-state index contributed by atoms with van der Waals surface area (Å²) in [5.74, 6) is -0.871. The molecule has 2 heteroatoms. The van der Waals surface area contributed by atoms with Crippen molar-refractivity contribution in [3.63, 3.8) is 0 Å². The van der Waals surface area contributed by atoms with Crippen LogP contribution in [0.3, 0.4) is 0 Å². The molecule has 0 aliphatic rings. The van der Waals surface area contributed by atoms with Crippen LogP contribution in [0, 0.1) is 6.92 Å². The predicted molar refractivity (Wildman–Crippen MR) is 77.6 cm³/mol. The van der Waals surface area contributed by atoms with E-state index in [1.807, 2.05) is 25.1 Å². The molecule has 0 aromatic heterocycles. The van der Waals surface area contributed by atoms with Crippen molar-refractivity contribution in [2.24, 2.45) is 0 Å². The highest BCUT2D eigenvalue weighted by Gasteiger charge is 2.11. The van der Waals surface area contributed by atoms with Crippen LogP contribution in [0.4, 0.5) is 0 Å². The van der Waals surface area contributed by atoms with Gasteiger partial charge in [0.1, 0.15) is 0 Å². The molecular formula is C17H18O2. The van der Waals surface area contributed by atoms with Crippen molar-refractivity contribution in [1.29, 1.82) is 0 Å². The van der Waals surface area contributed by atoms with Crippen LogP contribution in [0.5, 0.6) is 0 Å². The molecule has 2 aromatic carbocycles. The summed E-state index contributed by atoms with van der Waals surface area (Å²) in [7, 11) is 0. The molecule has 0 saturated carbocycles. The second kappa shape index (κ2) is 5.70. The molecule has 0 fully saturated rings. The van der Waals surface area contributed by atoms with Gasteiger partial charge in [0.2, 0.25) is 0 Å². The van der Waals surface area contributed by atoms with Gasteiger partial charge in [0, 0.05) is 0 Å². The monoisotopic (exact) mass is 254 g/mol. The average molecular weight is 254 g/mol. The summed E-state index contributed by atoms with van der Waals surface area (Å²) in [5, 5.41) is 9.18. The predicted octanol–water partition coefficient (Wildman–Crippen LogP) is 4.31. The van der Waals surface area contributed by atoms with Crippen LogP contribution in [-0.4, -0.2) is 11.1 Å². The highest BCUT2D eigenvalue weighted by molar-refractivity contribution is 5.92. The molecule has 0 unspecified atom stereocenters. The van der Waals surface area contributed by atoms with Crippen molar-refractivity contribution in [2.75, 3.05) is 0 Å². The van der Waals surface area contributed by atoms with E-state index < -0.39 is 5.97 Å².